The second kappa shape index (κ2) is 6.90. The Morgan fingerprint density at radius 1 is 1.46 bits per heavy atom. The highest BCUT2D eigenvalue weighted by atomic mass is 19.4. The molecule has 0 aromatic carbocycles. The monoisotopic (exact) mass is 372 g/mol. The summed E-state index contributed by atoms with van der Waals surface area (Å²) in [5.74, 6) is -2.37. The number of likely N-dealkylation sites (tertiary alicyclic amines) is 1. The number of carbonyl (C=O) groups excluding carboxylic acids is 1. The summed E-state index contributed by atoms with van der Waals surface area (Å²) in [5.41, 5.74) is -0.703. The number of aromatic amines is 1. The number of hydrogen-bond acceptors (Lipinski definition) is 6. The standard InChI is InChI=1S/C15H15F3N4O4/c16-15(17,18)14-20-12(21-26-14)9-3-4-19-13(25)10(9)6-11(24)22-5-1-2-8(22)7-23/h3-4,8,23H,1-2,5-7H2,(H,19,25). The predicted molar refractivity (Wildman–Crippen MR) is 80.9 cm³/mol. The largest absolute Gasteiger partial charge is 0.471 e. The molecule has 1 unspecified atom stereocenters. The molecular formula is C15H15F3N4O4. The van der Waals surface area contributed by atoms with Crippen LogP contribution < -0.4 is 5.56 Å². The van der Waals surface area contributed by atoms with Crippen molar-refractivity contribution in [3.8, 4) is 11.4 Å². The van der Waals surface area contributed by atoms with Crippen molar-refractivity contribution in [3.05, 3.63) is 34.1 Å². The molecule has 3 rings (SSSR count). The van der Waals surface area contributed by atoms with E-state index >= 15 is 0 Å². The third-order valence-electron chi connectivity index (χ3n) is 4.21. The highest BCUT2D eigenvalue weighted by molar-refractivity contribution is 5.81. The van der Waals surface area contributed by atoms with Gasteiger partial charge in [0.25, 0.3) is 5.56 Å². The molecule has 0 spiro atoms. The minimum atomic E-state index is -4.81. The van der Waals surface area contributed by atoms with Gasteiger partial charge < -0.3 is 19.5 Å². The molecule has 0 saturated carbocycles. The van der Waals surface area contributed by atoms with Crippen LogP contribution in [0.25, 0.3) is 11.4 Å². The van der Waals surface area contributed by atoms with Crippen LogP contribution in [-0.2, 0) is 17.4 Å². The van der Waals surface area contributed by atoms with Crippen LogP contribution in [-0.4, -0.2) is 50.2 Å². The quantitative estimate of drug-likeness (QED) is 0.827. The van der Waals surface area contributed by atoms with Gasteiger partial charge in [-0.15, -0.1) is 0 Å². The van der Waals surface area contributed by atoms with E-state index in [2.05, 4.69) is 19.6 Å². The van der Waals surface area contributed by atoms with E-state index in [0.717, 1.165) is 6.42 Å². The Hall–Kier alpha value is -2.69. The Morgan fingerprint density at radius 3 is 2.88 bits per heavy atom. The lowest BCUT2D eigenvalue weighted by Gasteiger charge is -2.23. The lowest BCUT2D eigenvalue weighted by atomic mass is 10.1. The van der Waals surface area contributed by atoms with Gasteiger partial charge in [0.2, 0.25) is 11.7 Å². The van der Waals surface area contributed by atoms with E-state index in [-0.39, 0.29) is 30.2 Å². The average Bonchev–Trinajstić information content (AvgIpc) is 3.25. The van der Waals surface area contributed by atoms with Crippen LogP contribution in [0.15, 0.2) is 21.6 Å². The zero-order chi connectivity index (χ0) is 18.9. The number of aliphatic hydroxyl groups is 1. The summed E-state index contributed by atoms with van der Waals surface area (Å²) in [5, 5.41) is 12.6. The maximum absolute atomic E-state index is 12.6. The molecule has 1 saturated heterocycles. The second-order valence-corrected chi connectivity index (χ2v) is 5.86. The fourth-order valence-corrected chi connectivity index (χ4v) is 2.95. The Labute approximate surface area is 144 Å². The van der Waals surface area contributed by atoms with Crippen LogP contribution in [0.4, 0.5) is 13.2 Å². The number of rotatable bonds is 4. The number of aromatic nitrogens is 3. The summed E-state index contributed by atoms with van der Waals surface area (Å²) in [6.07, 6.45) is -2.55. The van der Waals surface area contributed by atoms with Gasteiger partial charge in [-0.1, -0.05) is 5.16 Å². The van der Waals surface area contributed by atoms with Crippen LogP contribution in [0.1, 0.15) is 24.3 Å². The van der Waals surface area contributed by atoms with Crippen molar-refractivity contribution >= 4 is 5.91 Å². The zero-order valence-electron chi connectivity index (χ0n) is 13.4. The van der Waals surface area contributed by atoms with Crippen molar-refractivity contribution in [3.63, 3.8) is 0 Å². The van der Waals surface area contributed by atoms with Crippen LogP contribution in [0.2, 0.25) is 0 Å². The molecule has 2 aromatic rings. The van der Waals surface area contributed by atoms with E-state index in [1.54, 1.807) is 0 Å². The maximum atomic E-state index is 12.6. The topological polar surface area (TPSA) is 112 Å². The average molecular weight is 372 g/mol. The molecule has 26 heavy (non-hydrogen) atoms. The normalized spacial score (nSPS) is 17.7. The minimum Gasteiger partial charge on any atom is -0.394 e. The lowest BCUT2D eigenvalue weighted by molar-refractivity contribution is -0.159. The number of nitrogens with one attached hydrogen (secondary N) is 1. The summed E-state index contributed by atoms with van der Waals surface area (Å²) in [6.45, 7) is 0.258. The Kier molecular flexibility index (Phi) is 4.81. The third kappa shape index (κ3) is 3.47. The number of alkyl halides is 3. The number of aliphatic hydroxyl groups excluding tert-OH is 1. The number of amides is 1. The molecule has 2 N–H and O–H groups in total. The van der Waals surface area contributed by atoms with Crippen LogP contribution in [0, 0.1) is 0 Å². The van der Waals surface area contributed by atoms with Crippen molar-refractivity contribution in [1.29, 1.82) is 0 Å². The molecule has 0 aliphatic carbocycles. The van der Waals surface area contributed by atoms with Gasteiger partial charge in [-0.3, -0.25) is 9.59 Å². The molecule has 1 fully saturated rings. The predicted octanol–water partition coefficient (Wildman–Crippen LogP) is 0.969. The van der Waals surface area contributed by atoms with Gasteiger partial charge in [-0.25, -0.2) is 0 Å². The summed E-state index contributed by atoms with van der Waals surface area (Å²) >= 11 is 0. The fourth-order valence-electron chi connectivity index (χ4n) is 2.95. The van der Waals surface area contributed by atoms with E-state index in [4.69, 9.17) is 0 Å². The molecule has 1 aliphatic rings. The first-order chi connectivity index (χ1) is 12.3. The SMILES string of the molecule is O=C(Cc1c(-c2noc(C(F)(F)F)n2)cc[nH]c1=O)N1CCCC1CO. The van der Waals surface area contributed by atoms with Crippen molar-refractivity contribution in [2.75, 3.05) is 13.2 Å². The molecule has 0 radical (unpaired) electrons. The van der Waals surface area contributed by atoms with Crippen molar-refractivity contribution in [2.24, 2.45) is 0 Å². The number of halogens is 3. The van der Waals surface area contributed by atoms with Gasteiger partial charge in [0, 0.05) is 23.9 Å². The van der Waals surface area contributed by atoms with Crippen LogP contribution in [0.3, 0.4) is 0 Å². The van der Waals surface area contributed by atoms with Gasteiger partial charge in [0.15, 0.2) is 0 Å². The van der Waals surface area contributed by atoms with E-state index in [0.29, 0.717) is 13.0 Å². The number of nitrogens with zero attached hydrogens (tertiary/aromatic N) is 3. The lowest BCUT2D eigenvalue weighted by Crippen LogP contribution is -2.39. The molecule has 1 atom stereocenters. The number of H-pyrrole nitrogens is 1. The molecule has 11 heteroatoms. The number of hydrogen-bond donors (Lipinski definition) is 2. The first kappa shape index (κ1) is 18.1. The summed E-state index contributed by atoms with van der Waals surface area (Å²) in [4.78, 5) is 31.8. The summed E-state index contributed by atoms with van der Waals surface area (Å²) in [6, 6.07) is 0.985. The van der Waals surface area contributed by atoms with Gasteiger partial charge in [-0.2, -0.15) is 18.2 Å². The number of pyridine rings is 1. The van der Waals surface area contributed by atoms with Crippen molar-refractivity contribution in [1.82, 2.24) is 20.0 Å². The van der Waals surface area contributed by atoms with Crippen molar-refractivity contribution < 1.29 is 27.6 Å². The third-order valence-corrected chi connectivity index (χ3v) is 4.21. The Balaban J connectivity index is 1.92. The van der Waals surface area contributed by atoms with Crippen LogP contribution >= 0.6 is 0 Å². The molecule has 3 heterocycles. The summed E-state index contributed by atoms with van der Waals surface area (Å²) < 4.78 is 42.1. The van der Waals surface area contributed by atoms with Gasteiger partial charge >= 0.3 is 12.1 Å². The minimum absolute atomic E-state index is 0.0129. The van der Waals surface area contributed by atoms with Gasteiger partial charge in [-0.05, 0) is 18.9 Å². The maximum Gasteiger partial charge on any atom is 0.471 e. The smallest absolute Gasteiger partial charge is 0.394 e. The molecule has 1 aliphatic heterocycles. The number of carbonyl (C=O) groups is 1. The van der Waals surface area contributed by atoms with Gasteiger partial charge in [0.1, 0.15) is 0 Å². The molecule has 0 bridgehead atoms. The van der Waals surface area contributed by atoms with Gasteiger partial charge in [0.05, 0.1) is 19.1 Å². The highest BCUT2D eigenvalue weighted by Gasteiger charge is 2.39. The van der Waals surface area contributed by atoms with E-state index in [9.17, 15) is 27.9 Å². The highest BCUT2D eigenvalue weighted by Crippen LogP contribution is 2.30. The molecule has 140 valence electrons. The Bertz CT molecular complexity index is 861. The molecule has 1 amide bonds. The molecule has 2 aromatic heterocycles. The van der Waals surface area contributed by atoms with E-state index in [1.807, 2.05) is 0 Å². The molecule has 8 nitrogen and oxygen atoms in total. The Morgan fingerprint density at radius 2 is 2.23 bits per heavy atom. The fraction of sp³-hybridized carbons (Fsp3) is 0.467. The summed E-state index contributed by atoms with van der Waals surface area (Å²) in [7, 11) is 0. The van der Waals surface area contributed by atoms with Crippen LogP contribution in [0.5, 0.6) is 0 Å². The first-order valence-corrected chi connectivity index (χ1v) is 7.83. The van der Waals surface area contributed by atoms with E-state index < -0.39 is 29.4 Å². The van der Waals surface area contributed by atoms with Crippen molar-refractivity contribution in [2.45, 2.75) is 31.5 Å². The first-order valence-electron chi connectivity index (χ1n) is 7.83. The second-order valence-electron chi connectivity index (χ2n) is 5.86. The van der Waals surface area contributed by atoms with E-state index in [1.165, 1.54) is 17.2 Å². The zero-order valence-corrected chi connectivity index (χ0v) is 13.4. The molecular weight excluding hydrogens is 357 g/mol.